The van der Waals surface area contributed by atoms with Crippen molar-refractivity contribution >= 4 is 17.8 Å². The van der Waals surface area contributed by atoms with E-state index in [-0.39, 0.29) is 12.5 Å². The Bertz CT molecular complexity index is 894. The lowest BCUT2D eigenvalue weighted by Crippen LogP contribution is -2.26. The fourth-order valence-corrected chi connectivity index (χ4v) is 3.05. The van der Waals surface area contributed by atoms with Crippen LogP contribution in [0.1, 0.15) is 47.2 Å². The van der Waals surface area contributed by atoms with Crippen LogP contribution in [-0.4, -0.2) is 41.7 Å². The summed E-state index contributed by atoms with van der Waals surface area (Å²) in [5.41, 5.74) is 2.93. The molecule has 0 aliphatic rings. The summed E-state index contributed by atoms with van der Waals surface area (Å²) in [6, 6.07) is 17.3. The van der Waals surface area contributed by atoms with E-state index < -0.39 is 11.9 Å². The second-order valence-electron chi connectivity index (χ2n) is 7.35. The molecule has 2 N–H and O–H groups in total. The minimum atomic E-state index is -0.643. The number of methoxy groups -OCH3 is 1. The van der Waals surface area contributed by atoms with Gasteiger partial charge >= 0.3 is 5.97 Å². The molecule has 0 spiro atoms. The van der Waals surface area contributed by atoms with Crippen LogP contribution in [0.4, 0.5) is 0 Å². The highest BCUT2D eigenvalue weighted by Crippen LogP contribution is 2.10. The topological polar surface area (TPSA) is 95.9 Å². The molecule has 0 aromatic heterocycles. The van der Waals surface area contributed by atoms with E-state index in [0.717, 1.165) is 43.4 Å². The second-order valence-corrected chi connectivity index (χ2v) is 7.35. The summed E-state index contributed by atoms with van der Waals surface area (Å²) in [5.74, 6) is -1.37. The molecular formula is C25H30N2O5. The van der Waals surface area contributed by atoms with Gasteiger partial charge in [0.25, 0.3) is 11.8 Å². The van der Waals surface area contributed by atoms with Crippen molar-refractivity contribution in [1.29, 1.82) is 0 Å². The second kappa shape index (κ2) is 13.8. The fourth-order valence-electron chi connectivity index (χ4n) is 3.05. The molecule has 7 heteroatoms. The number of hydrogen-bond acceptors (Lipinski definition) is 5. The normalized spacial score (nSPS) is 10.7. The molecule has 0 unspecified atom stereocenters. The van der Waals surface area contributed by atoms with Gasteiger partial charge in [0, 0.05) is 30.8 Å². The van der Waals surface area contributed by atoms with Crippen LogP contribution in [0, 0.1) is 0 Å². The number of amides is 2. The van der Waals surface area contributed by atoms with Crippen molar-refractivity contribution in [3.05, 3.63) is 83.4 Å². The van der Waals surface area contributed by atoms with Crippen molar-refractivity contribution in [3.8, 4) is 0 Å². The first kappa shape index (κ1) is 24.8. The van der Waals surface area contributed by atoms with Crippen molar-refractivity contribution in [2.24, 2.45) is 0 Å². The number of unbranched alkanes of at least 4 members (excludes halogenated alkanes) is 3. The van der Waals surface area contributed by atoms with Crippen LogP contribution < -0.4 is 5.32 Å². The molecule has 0 aliphatic carbocycles. The van der Waals surface area contributed by atoms with Gasteiger partial charge in [0.2, 0.25) is 0 Å². The van der Waals surface area contributed by atoms with E-state index in [0.29, 0.717) is 23.6 Å². The molecule has 7 nitrogen and oxygen atoms in total. The molecule has 0 heterocycles. The molecule has 0 fully saturated rings. The Hall–Kier alpha value is -3.45. The number of aryl methyl sites for hydroxylation is 1. The highest BCUT2D eigenvalue weighted by Gasteiger charge is 2.07. The zero-order valence-corrected chi connectivity index (χ0v) is 18.3. The predicted molar refractivity (Wildman–Crippen MR) is 121 cm³/mol. The molecule has 0 radical (unpaired) electrons. The van der Waals surface area contributed by atoms with Crippen LogP contribution in [0.5, 0.6) is 0 Å². The van der Waals surface area contributed by atoms with Gasteiger partial charge in [-0.15, -0.1) is 0 Å². The summed E-state index contributed by atoms with van der Waals surface area (Å²) in [5, 5.41) is 13.2. The summed E-state index contributed by atoms with van der Waals surface area (Å²) in [6.07, 6.45) is 6.46. The first-order chi connectivity index (χ1) is 15.5. The number of carbonyl (C=O) groups is 3. The van der Waals surface area contributed by atoms with E-state index in [1.165, 1.54) is 12.7 Å². The lowest BCUT2D eigenvalue weighted by atomic mass is 10.0. The van der Waals surface area contributed by atoms with E-state index in [2.05, 4.69) is 22.2 Å². The summed E-state index contributed by atoms with van der Waals surface area (Å²) in [7, 11) is 1.22. The lowest BCUT2D eigenvalue weighted by molar-refractivity contribution is -0.159. The predicted octanol–water partition coefficient (Wildman–Crippen LogP) is 3.67. The smallest absolute Gasteiger partial charge is 0.330 e. The molecular weight excluding hydrogens is 408 g/mol. The number of benzene rings is 2. The summed E-state index contributed by atoms with van der Waals surface area (Å²) >= 11 is 0. The number of nitrogens with one attached hydrogen (secondary N) is 1. The van der Waals surface area contributed by atoms with Crippen molar-refractivity contribution < 1.29 is 24.3 Å². The fraction of sp³-hybridized carbons (Fsp3) is 0.320. The molecule has 0 aliphatic heterocycles. The van der Waals surface area contributed by atoms with Crippen molar-refractivity contribution in [2.45, 2.75) is 38.6 Å². The minimum Gasteiger partial charge on any atom is -0.466 e. The minimum absolute atomic E-state index is 0.0858. The Kier molecular flexibility index (Phi) is 10.7. The third kappa shape index (κ3) is 9.14. The Morgan fingerprint density at radius 1 is 0.906 bits per heavy atom. The number of nitrogens with zero attached hydrogens (tertiary/aromatic N) is 1. The Labute approximate surface area is 188 Å². The summed E-state index contributed by atoms with van der Waals surface area (Å²) < 4.78 is 4.39. The highest BCUT2D eigenvalue weighted by atomic mass is 16.5. The number of carbonyl (C=O) groups excluding carboxylic acids is 3. The van der Waals surface area contributed by atoms with Crippen LogP contribution in [-0.2, 0) is 27.3 Å². The van der Waals surface area contributed by atoms with E-state index in [4.69, 9.17) is 0 Å². The van der Waals surface area contributed by atoms with Crippen LogP contribution in [0.3, 0.4) is 0 Å². The van der Waals surface area contributed by atoms with Crippen molar-refractivity contribution in [2.75, 3.05) is 13.7 Å². The number of rotatable bonds is 12. The average molecular weight is 439 g/mol. The molecule has 0 saturated carbocycles. The van der Waals surface area contributed by atoms with Gasteiger partial charge in [0.05, 0.1) is 7.11 Å². The Balaban J connectivity index is 1.59. The molecule has 2 aromatic rings. The Morgan fingerprint density at radius 3 is 2.25 bits per heavy atom. The highest BCUT2D eigenvalue weighted by molar-refractivity contribution is 5.94. The summed E-state index contributed by atoms with van der Waals surface area (Å²) in [4.78, 5) is 34.6. The third-order valence-corrected chi connectivity index (χ3v) is 4.91. The zero-order valence-electron chi connectivity index (χ0n) is 18.3. The zero-order chi connectivity index (χ0) is 23.2. The van der Waals surface area contributed by atoms with Gasteiger partial charge in [-0.1, -0.05) is 55.3 Å². The molecule has 2 aromatic carbocycles. The molecule has 32 heavy (non-hydrogen) atoms. The van der Waals surface area contributed by atoms with Gasteiger partial charge in [-0.2, -0.15) is 0 Å². The first-order valence-electron chi connectivity index (χ1n) is 10.7. The summed E-state index contributed by atoms with van der Waals surface area (Å²) in [6.45, 7) is 0.701. The number of esters is 1. The molecule has 0 saturated heterocycles. The monoisotopic (exact) mass is 438 g/mol. The standard InChI is InChI=1S/C25H30N2O5/c1-32-24(29)17-16-23(28)27(31)18-8-3-2-5-9-20-12-14-21(15-13-20)19-26-25(30)22-10-6-4-7-11-22/h4,6-7,10-17,31H,2-3,5,8-9,18-19H2,1H3,(H,26,30)/b17-16+. The van der Waals surface area contributed by atoms with Crippen LogP contribution in [0.25, 0.3) is 0 Å². The molecule has 0 atom stereocenters. The number of hydrogen-bond donors (Lipinski definition) is 2. The van der Waals surface area contributed by atoms with Crippen molar-refractivity contribution in [1.82, 2.24) is 10.4 Å². The van der Waals surface area contributed by atoms with E-state index >= 15 is 0 Å². The molecule has 2 rings (SSSR count). The lowest BCUT2D eigenvalue weighted by Gasteiger charge is -2.12. The van der Waals surface area contributed by atoms with E-state index in [1.807, 2.05) is 30.3 Å². The first-order valence-corrected chi connectivity index (χ1v) is 10.7. The molecule has 2 amide bonds. The van der Waals surface area contributed by atoms with Gasteiger partial charge in [-0.05, 0) is 42.5 Å². The number of ether oxygens (including phenoxy) is 1. The Morgan fingerprint density at radius 2 is 1.56 bits per heavy atom. The van der Waals surface area contributed by atoms with Gasteiger partial charge in [-0.25, -0.2) is 9.86 Å². The average Bonchev–Trinajstić information content (AvgIpc) is 2.83. The maximum atomic E-state index is 12.1. The number of hydroxylamine groups is 2. The van der Waals surface area contributed by atoms with Gasteiger partial charge in [-0.3, -0.25) is 14.8 Å². The van der Waals surface area contributed by atoms with Gasteiger partial charge < -0.3 is 10.1 Å². The molecule has 170 valence electrons. The van der Waals surface area contributed by atoms with E-state index in [1.54, 1.807) is 12.1 Å². The van der Waals surface area contributed by atoms with Gasteiger partial charge in [0.1, 0.15) is 0 Å². The van der Waals surface area contributed by atoms with Gasteiger partial charge in [0.15, 0.2) is 0 Å². The van der Waals surface area contributed by atoms with Crippen LogP contribution in [0.15, 0.2) is 66.7 Å². The van der Waals surface area contributed by atoms with Crippen molar-refractivity contribution in [3.63, 3.8) is 0 Å². The molecule has 0 bridgehead atoms. The van der Waals surface area contributed by atoms with E-state index in [9.17, 15) is 19.6 Å². The third-order valence-electron chi connectivity index (χ3n) is 4.91. The van der Waals surface area contributed by atoms with Crippen LogP contribution in [0.2, 0.25) is 0 Å². The maximum absolute atomic E-state index is 12.1. The van der Waals surface area contributed by atoms with Crippen LogP contribution >= 0.6 is 0 Å². The largest absolute Gasteiger partial charge is 0.466 e. The SMILES string of the molecule is COC(=O)/C=C/C(=O)N(O)CCCCCCc1ccc(CNC(=O)c2ccccc2)cc1. The quantitative estimate of drug-likeness (QED) is 0.173. The maximum Gasteiger partial charge on any atom is 0.330 e.